The first-order valence-corrected chi connectivity index (χ1v) is 6.35. The molecule has 3 nitrogen and oxygen atoms in total. The van der Waals surface area contributed by atoms with Crippen molar-refractivity contribution in [2.75, 3.05) is 0 Å². The molecule has 0 saturated heterocycles. The Balaban J connectivity index is 2.38. The Morgan fingerprint density at radius 3 is 2.18 bits per heavy atom. The summed E-state index contributed by atoms with van der Waals surface area (Å²) in [7, 11) is 0. The first-order chi connectivity index (χ1) is 8.04. The Morgan fingerprint density at radius 2 is 1.71 bits per heavy atom. The van der Waals surface area contributed by atoms with Gasteiger partial charge in [0.25, 0.3) is 0 Å². The molecule has 1 aromatic carbocycles. The van der Waals surface area contributed by atoms with E-state index in [0.717, 1.165) is 10.0 Å². The Labute approximate surface area is 108 Å². The molecule has 0 bridgehead atoms. The van der Waals surface area contributed by atoms with Gasteiger partial charge in [0.05, 0.1) is 5.41 Å². The predicted octanol–water partition coefficient (Wildman–Crippen LogP) is 2.91. The number of carboxylic acid groups (broad SMARTS) is 1. The van der Waals surface area contributed by atoms with E-state index in [4.69, 9.17) is 0 Å². The molecular weight excluding hydrogens is 284 g/mol. The van der Waals surface area contributed by atoms with Gasteiger partial charge in [-0.15, -0.1) is 0 Å². The number of ketones is 1. The van der Waals surface area contributed by atoms with E-state index >= 15 is 0 Å². The minimum absolute atomic E-state index is 0.166. The van der Waals surface area contributed by atoms with Crippen LogP contribution in [0.3, 0.4) is 0 Å². The summed E-state index contributed by atoms with van der Waals surface area (Å²) in [5.41, 5.74) is -0.0880. The minimum atomic E-state index is -0.880. The summed E-state index contributed by atoms with van der Waals surface area (Å²) in [6.45, 7) is 0. The molecule has 4 heteroatoms. The van der Waals surface area contributed by atoms with Crippen LogP contribution in [0.25, 0.3) is 0 Å². The molecule has 1 aromatic rings. The molecule has 0 radical (unpaired) electrons. The number of benzene rings is 1. The van der Waals surface area contributed by atoms with Gasteiger partial charge >= 0.3 is 5.97 Å². The average molecular weight is 297 g/mol. The summed E-state index contributed by atoms with van der Waals surface area (Å²) in [5.74, 6) is -0.661. The molecule has 1 aliphatic carbocycles. The maximum Gasteiger partial charge on any atom is 0.314 e. The molecule has 0 amide bonds. The summed E-state index contributed by atoms with van der Waals surface area (Å²) in [6, 6.07) is 7.34. The Hall–Kier alpha value is -1.16. The van der Waals surface area contributed by atoms with Crippen LogP contribution in [0.15, 0.2) is 28.7 Å². The van der Waals surface area contributed by atoms with Gasteiger partial charge < -0.3 is 5.11 Å². The lowest BCUT2D eigenvalue weighted by molar-refractivity contribution is -0.146. The summed E-state index contributed by atoms with van der Waals surface area (Å²) in [5, 5.41) is 9.47. The van der Waals surface area contributed by atoms with Crippen LogP contribution in [-0.4, -0.2) is 16.9 Å². The van der Waals surface area contributed by atoms with E-state index in [0.29, 0.717) is 25.7 Å². The number of carboxylic acids is 1. The highest BCUT2D eigenvalue weighted by atomic mass is 79.9. The number of halogens is 1. The molecule has 0 aliphatic heterocycles. The topological polar surface area (TPSA) is 54.4 Å². The zero-order chi connectivity index (χ0) is 12.5. The molecule has 1 N–H and O–H groups in total. The van der Waals surface area contributed by atoms with Crippen molar-refractivity contribution in [1.29, 1.82) is 0 Å². The predicted molar refractivity (Wildman–Crippen MR) is 66.9 cm³/mol. The summed E-state index contributed by atoms with van der Waals surface area (Å²) < 4.78 is 0.925. The number of rotatable bonds is 2. The zero-order valence-electron chi connectivity index (χ0n) is 9.28. The van der Waals surface area contributed by atoms with Crippen LogP contribution in [0.5, 0.6) is 0 Å². The molecule has 0 spiro atoms. The normalized spacial score (nSPS) is 19.0. The minimum Gasteiger partial charge on any atom is -0.481 e. The SMILES string of the molecule is O=C1CCC(C(=O)O)(c2ccc(Br)cc2)CC1. The summed E-state index contributed by atoms with van der Waals surface area (Å²) in [6.07, 6.45) is 1.54. The van der Waals surface area contributed by atoms with Crippen molar-refractivity contribution in [2.45, 2.75) is 31.1 Å². The third-order valence-corrected chi connectivity index (χ3v) is 4.00. The van der Waals surface area contributed by atoms with Gasteiger partial charge in [-0.05, 0) is 30.5 Å². The quantitative estimate of drug-likeness (QED) is 0.913. The van der Waals surface area contributed by atoms with Crippen molar-refractivity contribution in [1.82, 2.24) is 0 Å². The lowest BCUT2D eigenvalue weighted by Crippen LogP contribution is -2.39. The van der Waals surface area contributed by atoms with E-state index in [1.807, 2.05) is 24.3 Å². The first kappa shape index (κ1) is 12.3. The van der Waals surface area contributed by atoms with Gasteiger partial charge in [0.1, 0.15) is 5.78 Å². The maximum absolute atomic E-state index is 11.5. The number of Topliss-reactive ketones (excluding diaryl/α,β-unsaturated/α-hetero) is 1. The van der Waals surface area contributed by atoms with E-state index in [1.54, 1.807) is 0 Å². The summed E-state index contributed by atoms with van der Waals surface area (Å²) in [4.78, 5) is 22.8. The van der Waals surface area contributed by atoms with E-state index in [9.17, 15) is 14.7 Å². The van der Waals surface area contributed by atoms with Crippen LogP contribution in [0.2, 0.25) is 0 Å². The van der Waals surface area contributed by atoms with Crippen molar-refractivity contribution >= 4 is 27.7 Å². The highest BCUT2D eigenvalue weighted by molar-refractivity contribution is 9.10. The van der Waals surface area contributed by atoms with Crippen LogP contribution in [0.1, 0.15) is 31.2 Å². The third kappa shape index (κ3) is 2.27. The van der Waals surface area contributed by atoms with Crippen molar-refractivity contribution in [3.8, 4) is 0 Å². The lowest BCUT2D eigenvalue weighted by atomic mass is 9.69. The number of carbonyl (C=O) groups is 2. The Kier molecular flexibility index (Phi) is 3.33. The first-order valence-electron chi connectivity index (χ1n) is 5.56. The molecule has 0 heterocycles. The van der Waals surface area contributed by atoms with Crippen LogP contribution < -0.4 is 0 Å². The monoisotopic (exact) mass is 296 g/mol. The number of hydrogen-bond donors (Lipinski definition) is 1. The van der Waals surface area contributed by atoms with Gasteiger partial charge in [-0.25, -0.2) is 0 Å². The van der Waals surface area contributed by atoms with E-state index in [2.05, 4.69) is 15.9 Å². The molecule has 1 saturated carbocycles. The molecular formula is C13H13BrO3. The molecule has 2 rings (SSSR count). The molecule has 0 atom stereocenters. The molecule has 0 unspecified atom stereocenters. The van der Waals surface area contributed by atoms with E-state index in [1.165, 1.54) is 0 Å². The van der Waals surface area contributed by atoms with Gasteiger partial charge in [-0.2, -0.15) is 0 Å². The van der Waals surface area contributed by atoms with Crippen molar-refractivity contribution < 1.29 is 14.7 Å². The second kappa shape index (κ2) is 4.61. The average Bonchev–Trinajstić information content (AvgIpc) is 2.31. The van der Waals surface area contributed by atoms with Crippen LogP contribution in [0.4, 0.5) is 0 Å². The zero-order valence-corrected chi connectivity index (χ0v) is 10.9. The Bertz CT molecular complexity index is 440. The smallest absolute Gasteiger partial charge is 0.314 e. The highest BCUT2D eigenvalue weighted by Gasteiger charge is 2.43. The summed E-state index contributed by atoms with van der Waals surface area (Å²) >= 11 is 3.33. The molecule has 1 fully saturated rings. The largest absolute Gasteiger partial charge is 0.481 e. The fraction of sp³-hybridized carbons (Fsp3) is 0.385. The number of aliphatic carboxylic acids is 1. The molecule has 17 heavy (non-hydrogen) atoms. The lowest BCUT2D eigenvalue weighted by Gasteiger charge is -2.33. The van der Waals surface area contributed by atoms with Crippen LogP contribution in [0, 0.1) is 0 Å². The van der Waals surface area contributed by atoms with Gasteiger partial charge in [0.15, 0.2) is 0 Å². The fourth-order valence-electron chi connectivity index (χ4n) is 2.35. The van der Waals surface area contributed by atoms with Gasteiger partial charge in [0, 0.05) is 17.3 Å². The van der Waals surface area contributed by atoms with Crippen molar-refractivity contribution in [2.24, 2.45) is 0 Å². The number of hydrogen-bond acceptors (Lipinski definition) is 2. The van der Waals surface area contributed by atoms with Gasteiger partial charge in [-0.3, -0.25) is 9.59 Å². The standard InChI is InChI=1S/C13H13BrO3/c14-10-3-1-9(2-4-10)13(12(16)17)7-5-11(15)6-8-13/h1-4H,5-8H2,(H,16,17). The van der Waals surface area contributed by atoms with E-state index < -0.39 is 11.4 Å². The van der Waals surface area contributed by atoms with Crippen LogP contribution >= 0.6 is 15.9 Å². The maximum atomic E-state index is 11.5. The van der Waals surface area contributed by atoms with Crippen LogP contribution in [-0.2, 0) is 15.0 Å². The van der Waals surface area contributed by atoms with E-state index in [-0.39, 0.29) is 5.78 Å². The highest BCUT2D eigenvalue weighted by Crippen LogP contribution is 2.38. The molecule has 1 aliphatic rings. The van der Waals surface area contributed by atoms with Gasteiger partial charge in [0.2, 0.25) is 0 Å². The molecule has 90 valence electrons. The van der Waals surface area contributed by atoms with Crippen molar-refractivity contribution in [3.63, 3.8) is 0 Å². The second-order valence-corrected chi connectivity index (χ2v) is 5.35. The number of carbonyl (C=O) groups excluding carboxylic acids is 1. The third-order valence-electron chi connectivity index (χ3n) is 3.47. The fourth-order valence-corrected chi connectivity index (χ4v) is 2.61. The second-order valence-electron chi connectivity index (χ2n) is 4.43. The van der Waals surface area contributed by atoms with Crippen molar-refractivity contribution in [3.05, 3.63) is 34.3 Å². The molecule has 0 aromatic heterocycles. The Morgan fingerprint density at radius 1 is 1.18 bits per heavy atom. The van der Waals surface area contributed by atoms with Gasteiger partial charge in [-0.1, -0.05) is 28.1 Å².